The lowest BCUT2D eigenvalue weighted by molar-refractivity contribution is -0.137. The molecule has 0 spiro atoms. The van der Waals surface area contributed by atoms with Crippen LogP contribution in [-0.4, -0.2) is 39.3 Å². The molecule has 26 heavy (non-hydrogen) atoms. The highest BCUT2D eigenvalue weighted by Gasteiger charge is 2.39. The number of hydrogen-bond acceptors (Lipinski definition) is 4. The molecule has 0 amide bonds. The molecule has 4 atom stereocenters. The van der Waals surface area contributed by atoms with E-state index in [1.807, 2.05) is 26.0 Å². The SMILES string of the molecule is CC(C)=CCC[C@H](O)/C=C/[C@H]1[C@H](O)CC(=O)[C@@H]1C/C=C\CCCC(=O)O. The summed E-state index contributed by atoms with van der Waals surface area (Å²) < 4.78 is 0. The van der Waals surface area contributed by atoms with Gasteiger partial charge in [0.15, 0.2) is 0 Å². The minimum atomic E-state index is -0.805. The van der Waals surface area contributed by atoms with Gasteiger partial charge < -0.3 is 15.3 Å². The number of carboxylic acid groups (broad SMARTS) is 1. The molecule has 1 saturated carbocycles. The highest BCUT2D eigenvalue weighted by Crippen LogP contribution is 2.33. The normalized spacial score (nSPS) is 24.5. The Bertz CT molecular complexity index is 543. The van der Waals surface area contributed by atoms with Gasteiger partial charge in [-0.1, -0.05) is 36.0 Å². The second-order valence-corrected chi connectivity index (χ2v) is 7.23. The van der Waals surface area contributed by atoms with Crippen LogP contribution in [-0.2, 0) is 9.59 Å². The number of aliphatic hydroxyl groups excluding tert-OH is 2. The van der Waals surface area contributed by atoms with E-state index in [1.54, 1.807) is 12.2 Å². The van der Waals surface area contributed by atoms with Crippen LogP contribution in [0, 0.1) is 11.8 Å². The molecule has 146 valence electrons. The number of carbonyl (C=O) groups excluding carboxylic acids is 1. The van der Waals surface area contributed by atoms with Crippen molar-refractivity contribution in [2.45, 2.75) is 71.0 Å². The van der Waals surface area contributed by atoms with Crippen LogP contribution in [0.2, 0.25) is 0 Å². The second-order valence-electron chi connectivity index (χ2n) is 7.23. The molecule has 0 heterocycles. The molecule has 0 unspecified atom stereocenters. The van der Waals surface area contributed by atoms with Gasteiger partial charge in [0, 0.05) is 24.7 Å². The molecule has 5 heteroatoms. The average Bonchev–Trinajstić information content (AvgIpc) is 2.81. The Morgan fingerprint density at radius 2 is 2.00 bits per heavy atom. The molecule has 1 fully saturated rings. The minimum Gasteiger partial charge on any atom is -0.481 e. The Balaban J connectivity index is 2.51. The zero-order chi connectivity index (χ0) is 19.5. The average molecular weight is 364 g/mol. The van der Waals surface area contributed by atoms with Crippen LogP contribution in [0.15, 0.2) is 36.0 Å². The summed E-state index contributed by atoms with van der Waals surface area (Å²) in [5.74, 6) is -1.31. The molecule has 0 aromatic carbocycles. The van der Waals surface area contributed by atoms with Crippen molar-refractivity contribution < 1.29 is 24.9 Å². The Labute approximate surface area is 156 Å². The number of rotatable bonds is 11. The summed E-state index contributed by atoms with van der Waals surface area (Å²) in [5, 5.41) is 28.8. The number of aliphatic carboxylic acids is 1. The first kappa shape index (κ1) is 22.3. The van der Waals surface area contributed by atoms with Crippen LogP contribution < -0.4 is 0 Å². The van der Waals surface area contributed by atoms with Crippen LogP contribution in [0.5, 0.6) is 0 Å². The van der Waals surface area contributed by atoms with Crippen molar-refractivity contribution in [3.63, 3.8) is 0 Å². The Hall–Kier alpha value is -1.72. The van der Waals surface area contributed by atoms with Crippen LogP contribution in [0.3, 0.4) is 0 Å². The summed E-state index contributed by atoms with van der Waals surface area (Å²) in [7, 11) is 0. The molecule has 1 aliphatic rings. The molecule has 1 aliphatic carbocycles. The molecule has 3 N–H and O–H groups in total. The second kappa shape index (κ2) is 11.8. The number of Topliss-reactive ketones (excluding diaryl/α,β-unsaturated/α-hetero) is 1. The van der Waals surface area contributed by atoms with Gasteiger partial charge in [-0.2, -0.15) is 0 Å². The van der Waals surface area contributed by atoms with E-state index in [1.165, 1.54) is 5.57 Å². The zero-order valence-electron chi connectivity index (χ0n) is 15.8. The Kier molecular flexibility index (Phi) is 10.1. The largest absolute Gasteiger partial charge is 0.481 e. The van der Waals surface area contributed by atoms with Crippen LogP contribution in [0.1, 0.15) is 58.8 Å². The zero-order valence-corrected chi connectivity index (χ0v) is 15.8. The molecule has 0 saturated heterocycles. The monoisotopic (exact) mass is 364 g/mol. The molecule has 0 radical (unpaired) electrons. The summed E-state index contributed by atoms with van der Waals surface area (Å²) in [6, 6.07) is 0. The molecule has 1 rings (SSSR count). The van der Waals surface area contributed by atoms with E-state index < -0.39 is 18.2 Å². The quantitative estimate of drug-likeness (QED) is 0.386. The number of ketones is 1. The summed E-state index contributed by atoms with van der Waals surface area (Å²) in [6.45, 7) is 4.03. The summed E-state index contributed by atoms with van der Waals surface area (Å²) >= 11 is 0. The van der Waals surface area contributed by atoms with Crippen molar-refractivity contribution in [1.82, 2.24) is 0 Å². The first-order chi connectivity index (χ1) is 12.3. The van der Waals surface area contributed by atoms with Gasteiger partial charge in [-0.15, -0.1) is 0 Å². The van der Waals surface area contributed by atoms with Crippen molar-refractivity contribution in [3.8, 4) is 0 Å². The molecular weight excluding hydrogens is 332 g/mol. The third-order valence-electron chi connectivity index (χ3n) is 4.62. The minimum absolute atomic E-state index is 0.0429. The van der Waals surface area contributed by atoms with E-state index in [9.17, 15) is 19.8 Å². The van der Waals surface area contributed by atoms with E-state index in [4.69, 9.17) is 5.11 Å². The topological polar surface area (TPSA) is 94.8 Å². The summed E-state index contributed by atoms with van der Waals surface area (Å²) in [6.07, 6.45) is 11.5. The molecule has 0 aliphatic heterocycles. The highest BCUT2D eigenvalue weighted by molar-refractivity contribution is 5.84. The number of carboxylic acids is 1. The van der Waals surface area contributed by atoms with Crippen LogP contribution in [0.4, 0.5) is 0 Å². The molecule has 0 aromatic heterocycles. The lowest BCUT2D eigenvalue weighted by Crippen LogP contribution is -2.18. The number of allylic oxidation sites excluding steroid dienone is 4. The van der Waals surface area contributed by atoms with Crippen molar-refractivity contribution in [2.75, 3.05) is 0 Å². The third kappa shape index (κ3) is 8.59. The fourth-order valence-electron chi connectivity index (χ4n) is 3.15. The van der Waals surface area contributed by atoms with E-state index in [2.05, 4.69) is 6.08 Å². The van der Waals surface area contributed by atoms with Gasteiger partial charge in [0.2, 0.25) is 0 Å². The predicted molar refractivity (Wildman–Crippen MR) is 102 cm³/mol. The van der Waals surface area contributed by atoms with E-state index in [0.717, 1.165) is 6.42 Å². The van der Waals surface area contributed by atoms with Gasteiger partial charge in [-0.05, 0) is 46.0 Å². The van der Waals surface area contributed by atoms with Gasteiger partial charge in [-0.25, -0.2) is 0 Å². The van der Waals surface area contributed by atoms with Gasteiger partial charge >= 0.3 is 5.97 Å². The maximum atomic E-state index is 12.1. The molecular formula is C21H32O5. The molecule has 0 bridgehead atoms. The van der Waals surface area contributed by atoms with Gasteiger partial charge in [0.1, 0.15) is 5.78 Å². The summed E-state index contributed by atoms with van der Waals surface area (Å²) in [5.41, 5.74) is 1.22. The summed E-state index contributed by atoms with van der Waals surface area (Å²) in [4.78, 5) is 22.6. The lowest BCUT2D eigenvalue weighted by Gasteiger charge is -2.16. The fourth-order valence-corrected chi connectivity index (χ4v) is 3.15. The number of hydrogen-bond donors (Lipinski definition) is 3. The first-order valence-corrected chi connectivity index (χ1v) is 9.38. The first-order valence-electron chi connectivity index (χ1n) is 9.38. The van der Waals surface area contributed by atoms with Crippen molar-refractivity contribution in [2.24, 2.45) is 11.8 Å². The highest BCUT2D eigenvalue weighted by atomic mass is 16.4. The lowest BCUT2D eigenvalue weighted by atomic mass is 9.90. The predicted octanol–water partition coefficient (Wildman–Crippen LogP) is 3.42. The fraction of sp³-hybridized carbons (Fsp3) is 0.619. The molecule has 5 nitrogen and oxygen atoms in total. The van der Waals surface area contributed by atoms with Crippen molar-refractivity contribution in [1.29, 1.82) is 0 Å². The van der Waals surface area contributed by atoms with Crippen LogP contribution in [0.25, 0.3) is 0 Å². The van der Waals surface area contributed by atoms with E-state index in [0.29, 0.717) is 25.7 Å². The van der Waals surface area contributed by atoms with Gasteiger partial charge in [-0.3, -0.25) is 9.59 Å². The number of carbonyl (C=O) groups is 2. The van der Waals surface area contributed by atoms with Gasteiger partial charge in [0.25, 0.3) is 0 Å². The van der Waals surface area contributed by atoms with Crippen LogP contribution >= 0.6 is 0 Å². The Morgan fingerprint density at radius 1 is 1.27 bits per heavy atom. The standard InChI is InChI=1S/C21H32O5/c1-15(2)8-7-9-16(22)12-13-18-17(19(23)14-20(18)24)10-5-3-4-6-11-21(25)26/h3,5,8,12-13,16-18,20,22,24H,4,6-7,9-11,14H2,1-2H3,(H,25,26)/b5-3-,13-12+/t16-,17+,18+,20+/m0/s1. The maximum absolute atomic E-state index is 12.1. The Morgan fingerprint density at radius 3 is 2.65 bits per heavy atom. The van der Waals surface area contributed by atoms with Gasteiger partial charge in [0.05, 0.1) is 12.2 Å². The smallest absolute Gasteiger partial charge is 0.303 e. The third-order valence-corrected chi connectivity index (χ3v) is 4.62. The molecule has 0 aromatic rings. The van der Waals surface area contributed by atoms with Crippen molar-refractivity contribution >= 4 is 11.8 Å². The van der Waals surface area contributed by atoms with E-state index >= 15 is 0 Å². The maximum Gasteiger partial charge on any atom is 0.303 e. The number of aliphatic hydroxyl groups is 2. The van der Waals surface area contributed by atoms with E-state index in [-0.39, 0.29) is 30.5 Å². The number of unbranched alkanes of at least 4 members (excludes halogenated alkanes) is 1. The van der Waals surface area contributed by atoms with Crippen molar-refractivity contribution in [3.05, 3.63) is 36.0 Å².